The SMILES string of the molecule is CCCC(F)c1cc2c(cc1-c1cnn(C)c1)CCCN2c1nn(C2CCOCC2)c2c1CN(C(C)C)CC2. The van der Waals surface area contributed by atoms with Gasteiger partial charge in [0.25, 0.3) is 0 Å². The lowest BCUT2D eigenvalue weighted by molar-refractivity contribution is 0.0649. The molecular formula is C31H43FN6O. The number of anilines is 2. The van der Waals surface area contributed by atoms with E-state index >= 15 is 4.39 Å². The van der Waals surface area contributed by atoms with Crippen molar-refractivity contribution < 1.29 is 9.13 Å². The van der Waals surface area contributed by atoms with Crippen LogP contribution in [0.5, 0.6) is 0 Å². The first kappa shape index (κ1) is 26.5. The Labute approximate surface area is 231 Å². The molecule has 1 saturated heterocycles. The van der Waals surface area contributed by atoms with Gasteiger partial charge in [-0.15, -0.1) is 0 Å². The van der Waals surface area contributed by atoms with Gasteiger partial charge in [0.15, 0.2) is 5.82 Å². The molecule has 3 aromatic rings. The lowest BCUT2D eigenvalue weighted by Gasteiger charge is -2.35. The highest BCUT2D eigenvalue weighted by molar-refractivity contribution is 5.77. The Bertz CT molecular complexity index is 1310. The quantitative estimate of drug-likeness (QED) is 0.356. The van der Waals surface area contributed by atoms with Crippen molar-refractivity contribution in [3.05, 3.63) is 46.9 Å². The first-order valence-corrected chi connectivity index (χ1v) is 14.9. The van der Waals surface area contributed by atoms with Crippen LogP contribution in [-0.4, -0.2) is 56.8 Å². The summed E-state index contributed by atoms with van der Waals surface area (Å²) in [5.41, 5.74) is 7.89. The van der Waals surface area contributed by atoms with Crippen LogP contribution in [0.2, 0.25) is 0 Å². The summed E-state index contributed by atoms with van der Waals surface area (Å²) in [6.07, 6.45) is 9.26. The molecule has 0 aliphatic carbocycles. The van der Waals surface area contributed by atoms with Crippen LogP contribution in [0.4, 0.5) is 15.9 Å². The highest BCUT2D eigenvalue weighted by Crippen LogP contribution is 2.44. The molecule has 39 heavy (non-hydrogen) atoms. The molecule has 210 valence electrons. The fourth-order valence-corrected chi connectivity index (χ4v) is 6.69. The molecule has 1 unspecified atom stereocenters. The van der Waals surface area contributed by atoms with Crippen molar-refractivity contribution in [3.8, 4) is 11.1 Å². The molecule has 0 N–H and O–H groups in total. The van der Waals surface area contributed by atoms with E-state index in [0.29, 0.717) is 18.5 Å². The maximum absolute atomic E-state index is 15.8. The van der Waals surface area contributed by atoms with E-state index in [1.807, 2.05) is 19.4 Å². The van der Waals surface area contributed by atoms with Crippen molar-refractivity contribution in [1.82, 2.24) is 24.5 Å². The fourth-order valence-electron chi connectivity index (χ4n) is 6.69. The van der Waals surface area contributed by atoms with Gasteiger partial charge in [-0.1, -0.05) is 13.3 Å². The second kappa shape index (κ2) is 11.0. The second-order valence-corrected chi connectivity index (χ2v) is 11.8. The summed E-state index contributed by atoms with van der Waals surface area (Å²) >= 11 is 0. The Balaban J connectivity index is 1.47. The highest BCUT2D eigenvalue weighted by atomic mass is 19.1. The van der Waals surface area contributed by atoms with Crippen molar-refractivity contribution in [2.45, 2.75) is 90.5 Å². The van der Waals surface area contributed by atoms with Crippen molar-refractivity contribution >= 4 is 11.5 Å². The molecule has 0 spiro atoms. The van der Waals surface area contributed by atoms with Crippen LogP contribution in [0.25, 0.3) is 11.1 Å². The summed E-state index contributed by atoms with van der Waals surface area (Å²) in [4.78, 5) is 4.97. The molecule has 0 radical (unpaired) electrons. The van der Waals surface area contributed by atoms with Gasteiger partial charge in [-0.2, -0.15) is 10.2 Å². The molecule has 2 aromatic heterocycles. The normalized spacial score (nSPS) is 19.4. The number of alkyl halides is 1. The van der Waals surface area contributed by atoms with Crippen molar-refractivity contribution in [2.24, 2.45) is 7.05 Å². The number of hydrogen-bond donors (Lipinski definition) is 0. The standard InChI is InChI=1S/C31H43FN6O/c1-5-7-28(32)26-17-30-22(16-25(26)23-18-33-35(4)19-23)8-6-12-37(30)31-27-20-36(21(2)3)13-9-29(27)38(34-31)24-10-14-39-15-11-24/h16-19,21,24,28H,5-15,20H2,1-4H3. The third-order valence-corrected chi connectivity index (χ3v) is 8.88. The molecule has 0 saturated carbocycles. The van der Waals surface area contributed by atoms with Gasteiger partial charge in [0.05, 0.1) is 12.2 Å². The Morgan fingerprint density at radius 2 is 1.95 bits per heavy atom. The number of ether oxygens (including phenoxy) is 1. The van der Waals surface area contributed by atoms with Gasteiger partial charge in [-0.3, -0.25) is 14.3 Å². The van der Waals surface area contributed by atoms with E-state index in [2.05, 4.69) is 52.5 Å². The average Bonchev–Trinajstić information content (AvgIpc) is 3.56. The predicted molar refractivity (Wildman–Crippen MR) is 153 cm³/mol. The predicted octanol–water partition coefficient (Wildman–Crippen LogP) is 6.30. The zero-order valence-electron chi connectivity index (χ0n) is 24.0. The van der Waals surface area contributed by atoms with Gasteiger partial charge >= 0.3 is 0 Å². The fraction of sp³-hybridized carbons (Fsp3) is 0.613. The minimum absolute atomic E-state index is 0.388. The summed E-state index contributed by atoms with van der Waals surface area (Å²) < 4.78 is 25.6. The molecule has 0 bridgehead atoms. The zero-order chi connectivity index (χ0) is 27.1. The lowest BCUT2D eigenvalue weighted by atomic mass is 9.90. The monoisotopic (exact) mass is 534 g/mol. The minimum atomic E-state index is -1.01. The first-order valence-electron chi connectivity index (χ1n) is 14.9. The highest BCUT2D eigenvalue weighted by Gasteiger charge is 2.34. The van der Waals surface area contributed by atoms with Crippen molar-refractivity contribution in [3.63, 3.8) is 0 Å². The smallest absolute Gasteiger partial charge is 0.159 e. The van der Waals surface area contributed by atoms with Crippen molar-refractivity contribution in [2.75, 3.05) is 31.2 Å². The number of fused-ring (bicyclic) bond motifs is 2. The van der Waals surface area contributed by atoms with Crippen LogP contribution in [0.1, 0.15) is 87.5 Å². The summed E-state index contributed by atoms with van der Waals surface area (Å²) in [5.74, 6) is 1.08. The van der Waals surface area contributed by atoms with Gasteiger partial charge in [0.2, 0.25) is 0 Å². The Morgan fingerprint density at radius 3 is 2.67 bits per heavy atom. The number of hydrogen-bond acceptors (Lipinski definition) is 5. The number of aromatic nitrogens is 4. The van der Waals surface area contributed by atoms with E-state index in [1.54, 1.807) is 4.68 Å². The maximum atomic E-state index is 15.8. The van der Waals surface area contributed by atoms with Crippen LogP contribution in [-0.2, 0) is 31.2 Å². The Hall–Kier alpha value is -2.71. The molecule has 1 fully saturated rings. The summed E-state index contributed by atoms with van der Waals surface area (Å²) in [7, 11) is 1.92. The third kappa shape index (κ3) is 5.02. The zero-order valence-corrected chi connectivity index (χ0v) is 24.0. The van der Waals surface area contributed by atoms with Gasteiger partial charge in [0, 0.05) is 81.1 Å². The minimum Gasteiger partial charge on any atom is -0.381 e. The summed E-state index contributed by atoms with van der Waals surface area (Å²) in [6.45, 7) is 11.1. The Morgan fingerprint density at radius 1 is 1.13 bits per heavy atom. The topological polar surface area (TPSA) is 51.4 Å². The van der Waals surface area contributed by atoms with E-state index in [0.717, 1.165) is 99.6 Å². The molecule has 3 aliphatic heterocycles. The van der Waals surface area contributed by atoms with Crippen LogP contribution in [0.3, 0.4) is 0 Å². The van der Waals surface area contributed by atoms with E-state index in [1.165, 1.54) is 16.8 Å². The number of benzene rings is 1. The van der Waals surface area contributed by atoms with E-state index in [4.69, 9.17) is 9.84 Å². The third-order valence-electron chi connectivity index (χ3n) is 8.88. The van der Waals surface area contributed by atoms with E-state index in [9.17, 15) is 0 Å². The van der Waals surface area contributed by atoms with Gasteiger partial charge in [-0.25, -0.2) is 4.39 Å². The van der Waals surface area contributed by atoms with E-state index < -0.39 is 6.17 Å². The first-order chi connectivity index (χ1) is 18.9. The van der Waals surface area contributed by atoms with Crippen molar-refractivity contribution in [1.29, 1.82) is 0 Å². The molecule has 3 aliphatic rings. The van der Waals surface area contributed by atoms with Crippen LogP contribution >= 0.6 is 0 Å². The largest absolute Gasteiger partial charge is 0.381 e. The number of rotatable bonds is 7. The lowest BCUT2D eigenvalue weighted by Crippen LogP contribution is -2.37. The van der Waals surface area contributed by atoms with Gasteiger partial charge in [0.1, 0.15) is 6.17 Å². The molecule has 8 heteroatoms. The molecule has 6 rings (SSSR count). The molecule has 5 heterocycles. The van der Waals surface area contributed by atoms with Gasteiger partial charge < -0.3 is 9.64 Å². The molecule has 0 amide bonds. The molecule has 1 atom stereocenters. The molecule has 1 aromatic carbocycles. The molecular weight excluding hydrogens is 491 g/mol. The maximum Gasteiger partial charge on any atom is 0.159 e. The Kier molecular flexibility index (Phi) is 7.51. The summed E-state index contributed by atoms with van der Waals surface area (Å²) in [5, 5.41) is 9.77. The van der Waals surface area contributed by atoms with Crippen LogP contribution in [0, 0.1) is 0 Å². The number of nitrogens with zero attached hydrogens (tertiary/aromatic N) is 6. The number of aryl methyl sites for hydroxylation is 2. The van der Waals surface area contributed by atoms with Crippen LogP contribution in [0.15, 0.2) is 24.5 Å². The van der Waals surface area contributed by atoms with E-state index in [-0.39, 0.29) is 0 Å². The summed E-state index contributed by atoms with van der Waals surface area (Å²) in [6, 6.07) is 5.25. The van der Waals surface area contributed by atoms with Crippen LogP contribution < -0.4 is 4.90 Å². The average molecular weight is 535 g/mol. The molecule has 7 nitrogen and oxygen atoms in total. The second-order valence-electron chi connectivity index (χ2n) is 11.8. The number of halogens is 1. The van der Waals surface area contributed by atoms with Gasteiger partial charge in [-0.05, 0) is 74.8 Å².